The van der Waals surface area contributed by atoms with Gasteiger partial charge in [0, 0.05) is 12.0 Å². The minimum absolute atomic E-state index is 0.104. The van der Waals surface area contributed by atoms with Crippen LogP contribution in [0.5, 0.6) is 11.5 Å². The fraction of sp³-hybridized carbons (Fsp3) is 0.300. The Kier molecular flexibility index (Phi) is 5.57. The molecule has 0 radical (unpaired) electrons. The number of benzene rings is 2. The van der Waals surface area contributed by atoms with Crippen molar-refractivity contribution in [3.63, 3.8) is 0 Å². The third-order valence-corrected chi connectivity index (χ3v) is 5.47. The molecule has 1 N–H and O–H groups in total. The van der Waals surface area contributed by atoms with Gasteiger partial charge in [-0.05, 0) is 30.7 Å². The number of halogens is 2. The largest absolute Gasteiger partial charge is 0.493 e. The van der Waals surface area contributed by atoms with Crippen LogP contribution >= 0.6 is 23.2 Å². The van der Waals surface area contributed by atoms with Crippen molar-refractivity contribution < 1.29 is 24.2 Å². The first kappa shape index (κ1) is 20.5. The molecule has 1 aliphatic heterocycles. The van der Waals surface area contributed by atoms with Crippen molar-refractivity contribution >= 4 is 40.6 Å². The molecule has 1 atom stereocenters. The van der Waals surface area contributed by atoms with Crippen molar-refractivity contribution in [1.82, 2.24) is 0 Å². The number of ether oxygens (including phenoxy) is 2. The second kappa shape index (κ2) is 7.62. The summed E-state index contributed by atoms with van der Waals surface area (Å²) in [7, 11) is 3.04. The zero-order valence-corrected chi connectivity index (χ0v) is 17.1. The Morgan fingerprint density at radius 3 is 2.43 bits per heavy atom. The predicted molar refractivity (Wildman–Crippen MR) is 106 cm³/mol. The van der Waals surface area contributed by atoms with E-state index in [-0.39, 0.29) is 34.4 Å². The monoisotopic (exact) mass is 423 g/mol. The van der Waals surface area contributed by atoms with Gasteiger partial charge in [0.1, 0.15) is 5.78 Å². The van der Waals surface area contributed by atoms with Crippen molar-refractivity contribution in [2.24, 2.45) is 0 Å². The molecule has 1 aliphatic rings. The van der Waals surface area contributed by atoms with E-state index in [1.54, 1.807) is 18.2 Å². The van der Waals surface area contributed by atoms with Crippen molar-refractivity contribution in [2.45, 2.75) is 25.5 Å². The maximum Gasteiger partial charge on any atom is 0.264 e. The number of carbonyl (C=O) groups excluding carboxylic acids is 2. The molecular weight excluding hydrogens is 405 g/mol. The molecular formula is C20H19Cl2NO5. The van der Waals surface area contributed by atoms with E-state index in [2.05, 4.69) is 0 Å². The summed E-state index contributed by atoms with van der Waals surface area (Å²) in [6, 6.07) is 8.25. The molecule has 28 heavy (non-hydrogen) atoms. The summed E-state index contributed by atoms with van der Waals surface area (Å²) in [5.74, 6) is 0.106. The zero-order valence-electron chi connectivity index (χ0n) is 15.6. The lowest BCUT2D eigenvalue weighted by molar-refractivity contribution is -0.141. The highest BCUT2D eigenvalue weighted by molar-refractivity contribution is 6.44. The van der Waals surface area contributed by atoms with Crippen molar-refractivity contribution in [3.05, 3.63) is 51.5 Å². The van der Waals surface area contributed by atoms with Gasteiger partial charge in [0.25, 0.3) is 5.91 Å². The molecule has 0 aliphatic carbocycles. The first-order valence-corrected chi connectivity index (χ1v) is 9.21. The molecule has 1 heterocycles. The Labute approximate surface area is 172 Å². The molecule has 2 aromatic carbocycles. The second-order valence-electron chi connectivity index (χ2n) is 6.58. The molecule has 0 spiro atoms. The number of ketones is 1. The molecule has 0 aromatic heterocycles. The van der Waals surface area contributed by atoms with Crippen LogP contribution in [-0.2, 0) is 21.7 Å². The van der Waals surface area contributed by atoms with Crippen molar-refractivity contribution in [1.29, 1.82) is 0 Å². The van der Waals surface area contributed by atoms with Crippen LogP contribution in [0.3, 0.4) is 0 Å². The Hall–Kier alpha value is -2.28. The summed E-state index contributed by atoms with van der Waals surface area (Å²) >= 11 is 12.5. The van der Waals surface area contributed by atoms with Gasteiger partial charge in [-0.25, -0.2) is 0 Å². The number of hydrogen-bond acceptors (Lipinski definition) is 5. The number of nitrogens with zero attached hydrogens (tertiary/aromatic N) is 1. The summed E-state index contributed by atoms with van der Waals surface area (Å²) in [5, 5.41) is 11.5. The lowest BCUT2D eigenvalue weighted by Gasteiger charge is -2.22. The van der Waals surface area contributed by atoms with E-state index < -0.39 is 11.5 Å². The first-order valence-electron chi connectivity index (χ1n) is 8.46. The van der Waals surface area contributed by atoms with Gasteiger partial charge >= 0.3 is 0 Å². The number of hydrogen-bond donors (Lipinski definition) is 1. The molecule has 0 bridgehead atoms. The average Bonchev–Trinajstić information content (AvgIpc) is 2.86. The summed E-state index contributed by atoms with van der Waals surface area (Å²) < 4.78 is 10.5. The van der Waals surface area contributed by atoms with Gasteiger partial charge in [-0.3, -0.25) is 9.59 Å². The lowest BCUT2D eigenvalue weighted by Crippen LogP contribution is -2.41. The molecule has 148 valence electrons. The summed E-state index contributed by atoms with van der Waals surface area (Å²) in [6.07, 6.45) is -0.348. The molecule has 6 nitrogen and oxygen atoms in total. The molecule has 0 saturated carbocycles. The highest BCUT2D eigenvalue weighted by atomic mass is 35.5. The second-order valence-corrected chi connectivity index (χ2v) is 7.36. The molecule has 3 rings (SSSR count). The van der Waals surface area contributed by atoms with Gasteiger partial charge in [-0.2, -0.15) is 0 Å². The van der Waals surface area contributed by atoms with E-state index in [1.807, 2.05) is 0 Å². The van der Waals surface area contributed by atoms with Gasteiger partial charge in [0.2, 0.25) is 0 Å². The minimum Gasteiger partial charge on any atom is -0.493 e. The van der Waals surface area contributed by atoms with Gasteiger partial charge in [-0.1, -0.05) is 35.3 Å². The molecule has 0 fully saturated rings. The Balaban J connectivity index is 2.09. The summed E-state index contributed by atoms with van der Waals surface area (Å²) in [5.41, 5.74) is -0.688. The fourth-order valence-electron chi connectivity index (χ4n) is 3.42. The predicted octanol–water partition coefficient (Wildman–Crippen LogP) is 3.72. The fourth-order valence-corrected chi connectivity index (χ4v) is 3.84. The van der Waals surface area contributed by atoms with Crippen LogP contribution in [0.2, 0.25) is 10.0 Å². The van der Waals surface area contributed by atoms with Crippen LogP contribution in [0.1, 0.15) is 24.5 Å². The van der Waals surface area contributed by atoms with E-state index in [1.165, 1.54) is 38.2 Å². The number of carbonyl (C=O) groups is 2. The number of fused-ring (bicyclic) bond motifs is 1. The number of aliphatic hydroxyl groups is 1. The van der Waals surface area contributed by atoms with Gasteiger partial charge < -0.3 is 19.5 Å². The first-order chi connectivity index (χ1) is 13.2. The van der Waals surface area contributed by atoms with Gasteiger partial charge in [-0.15, -0.1) is 0 Å². The third-order valence-electron chi connectivity index (χ3n) is 4.68. The molecule has 1 amide bonds. The summed E-state index contributed by atoms with van der Waals surface area (Å²) in [6.45, 7) is 1.42. The van der Waals surface area contributed by atoms with Crippen molar-refractivity contribution in [2.75, 3.05) is 19.1 Å². The van der Waals surface area contributed by atoms with Crippen LogP contribution in [-0.4, -0.2) is 31.0 Å². The normalized spacial score (nSPS) is 18.2. The Morgan fingerprint density at radius 2 is 1.82 bits per heavy atom. The number of Topliss-reactive ketones (excluding diaryl/α,β-unsaturated/α-hetero) is 1. The van der Waals surface area contributed by atoms with Crippen molar-refractivity contribution in [3.8, 4) is 11.5 Å². The van der Waals surface area contributed by atoms with E-state index in [0.717, 1.165) is 5.56 Å². The maximum absolute atomic E-state index is 13.1. The molecule has 0 saturated heterocycles. The van der Waals surface area contributed by atoms with E-state index in [9.17, 15) is 14.7 Å². The van der Waals surface area contributed by atoms with Crippen LogP contribution in [0, 0.1) is 0 Å². The number of methoxy groups -OCH3 is 2. The molecule has 2 aromatic rings. The SMILES string of the molecule is COc1ccc(CN2C(=O)C(O)(CC(C)=O)c3ccc(Cl)c(Cl)c32)cc1OC. The van der Waals surface area contributed by atoms with Crippen LogP contribution in [0.4, 0.5) is 5.69 Å². The Morgan fingerprint density at radius 1 is 1.14 bits per heavy atom. The molecule has 1 unspecified atom stereocenters. The topological polar surface area (TPSA) is 76.1 Å². The van der Waals surface area contributed by atoms with Crippen LogP contribution < -0.4 is 14.4 Å². The highest BCUT2D eigenvalue weighted by Crippen LogP contribution is 2.49. The van der Waals surface area contributed by atoms with Gasteiger partial charge in [0.05, 0.1) is 36.5 Å². The maximum atomic E-state index is 13.1. The smallest absolute Gasteiger partial charge is 0.264 e. The number of rotatable bonds is 6. The lowest BCUT2D eigenvalue weighted by atomic mass is 9.90. The van der Waals surface area contributed by atoms with Gasteiger partial charge in [0.15, 0.2) is 17.1 Å². The van der Waals surface area contributed by atoms with Crippen LogP contribution in [0.25, 0.3) is 0 Å². The summed E-state index contributed by atoms with van der Waals surface area (Å²) in [4.78, 5) is 26.2. The standard InChI is InChI=1S/C20H19Cl2NO5/c1-11(24)9-20(26)13-5-6-14(21)17(22)18(13)23(19(20)25)10-12-4-7-15(27-2)16(8-12)28-3/h4-8,26H,9-10H2,1-3H3. The average molecular weight is 424 g/mol. The quantitative estimate of drug-likeness (QED) is 0.765. The minimum atomic E-state index is -1.98. The molecule has 8 heteroatoms. The number of amides is 1. The van der Waals surface area contributed by atoms with E-state index in [0.29, 0.717) is 17.2 Å². The van der Waals surface area contributed by atoms with E-state index in [4.69, 9.17) is 32.7 Å². The zero-order chi connectivity index (χ0) is 20.6. The van der Waals surface area contributed by atoms with Crippen LogP contribution in [0.15, 0.2) is 30.3 Å². The third kappa shape index (κ3) is 3.32. The highest BCUT2D eigenvalue weighted by Gasteiger charge is 2.51. The Bertz CT molecular complexity index is 962. The van der Waals surface area contributed by atoms with E-state index >= 15 is 0 Å². The number of anilines is 1.